The number of nitrogens with one attached hydrogen (secondary N) is 1. The first-order valence-corrected chi connectivity index (χ1v) is 7.51. The minimum absolute atomic E-state index is 0.242. The zero-order chi connectivity index (χ0) is 13.5. The van der Waals surface area contributed by atoms with Crippen molar-refractivity contribution in [1.82, 2.24) is 5.32 Å². The standard InChI is InChI=1S/C15H24BrNO/c1-4-13(5-2)15(18)10-17-9-12-7-6-11(3)14(16)8-12/h6-8,13,15,17-18H,4-5,9-10H2,1-3H3. The van der Waals surface area contributed by atoms with E-state index in [1.807, 2.05) is 0 Å². The average molecular weight is 314 g/mol. The van der Waals surface area contributed by atoms with E-state index in [0.29, 0.717) is 12.5 Å². The molecule has 0 spiro atoms. The molecule has 0 aliphatic carbocycles. The second-order valence-corrected chi connectivity index (χ2v) is 5.71. The minimum atomic E-state index is -0.242. The minimum Gasteiger partial charge on any atom is -0.392 e. The Morgan fingerprint density at radius 2 is 1.94 bits per heavy atom. The molecule has 0 fully saturated rings. The molecule has 1 rings (SSSR count). The molecule has 0 radical (unpaired) electrons. The van der Waals surface area contributed by atoms with Gasteiger partial charge in [-0.15, -0.1) is 0 Å². The summed E-state index contributed by atoms with van der Waals surface area (Å²) in [6, 6.07) is 6.36. The van der Waals surface area contributed by atoms with Crippen molar-refractivity contribution in [3.05, 3.63) is 33.8 Å². The third-order valence-corrected chi connectivity index (χ3v) is 4.37. The predicted octanol–water partition coefficient (Wildman–Crippen LogP) is 3.64. The molecule has 1 atom stereocenters. The van der Waals surface area contributed by atoms with Crippen LogP contribution in [0.4, 0.5) is 0 Å². The molecule has 18 heavy (non-hydrogen) atoms. The number of aliphatic hydroxyl groups excluding tert-OH is 1. The summed E-state index contributed by atoms with van der Waals surface area (Å²) in [7, 11) is 0. The molecule has 0 bridgehead atoms. The quantitative estimate of drug-likeness (QED) is 0.805. The summed E-state index contributed by atoms with van der Waals surface area (Å²) in [5.74, 6) is 0.405. The maximum absolute atomic E-state index is 10.0. The van der Waals surface area contributed by atoms with Crippen molar-refractivity contribution < 1.29 is 5.11 Å². The Kier molecular flexibility index (Phi) is 6.90. The molecular formula is C15H24BrNO. The van der Waals surface area contributed by atoms with Crippen LogP contribution in [-0.2, 0) is 6.54 Å². The first-order chi connectivity index (χ1) is 8.58. The number of halogens is 1. The molecule has 0 aliphatic heterocycles. The van der Waals surface area contributed by atoms with Crippen LogP contribution < -0.4 is 5.32 Å². The van der Waals surface area contributed by atoms with Crippen LogP contribution in [0.5, 0.6) is 0 Å². The Hall–Kier alpha value is -0.380. The van der Waals surface area contributed by atoms with E-state index in [9.17, 15) is 5.11 Å². The molecule has 0 saturated heterocycles. The summed E-state index contributed by atoms with van der Waals surface area (Å²) in [5, 5.41) is 13.3. The monoisotopic (exact) mass is 313 g/mol. The van der Waals surface area contributed by atoms with Gasteiger partial charge in [0, 0.05) is 17.6 Å². The lowest BCUT2D eigenvalue weighted by atomic mass is 9.96. The number of hydrogen-bond donors (Lipinski definition) is 2. The van der Waals surface area contributed by atoms with Gasteiger partial charge < -0.3 is 10.4 Å². The van der Waals surface area contributed by atoms with Gasteiger partial charge >= 0.3 is 0 Å². The summed E-state index contributed by atoms with van der Waals surface area (Å²) in [6.45, 7) is 7.81. The molecule has 1 aromatic rings. The Balaban J connectivity index is 2.39. The lowest BCUT2D eigenvalue weighted by Crippen LogP contribution is -2.32. The van der Waals surface area contributed by atoms with Crippen molar-refractivity contribution in [2.45, 2.75) is 46.3 Å². The molecule has 0 amide bonds. The van der Waals surface area contributed by atoms with Crippen molar-refractivity contribution >= 4 is 15.9 Å². The summed E-state index contributed by atoms with van der Waals surface area (Å²) in [6.07, 6.45) is 1.83. The summed E-state index contributed by atoms with van der Waals surface area (Å²) in [4.78, 5) is 0. The first kappa shape index (κ1) is 15.7. The van der Waals surface area contributed by atoms with Crippen LogP contribution in [0.3, 0.4) is 0 Å². The van der Waals surface area contributed by atoms with Crippen LogP contribution >= 0.6 is 15.9 Å². The van der Waals surface area contributed by atoms with E-state index in [4.69, 9.17) is 0 Å². The van der Waals surface area contributed by atoms with Gasteiger partial charge in [0.1, 0.15) is 0 Å². The van der Waals surface area contributed by atoms with E-state index in [1.165, 1.54) is 11.1 Å². The number of aliphatic hydroxyl groups is 1. The highest BCUT2D eigenvalue weighted by Crippen LogP contribution is 2.17. The van der Waals surface area contributed by atoms with Crippen LogP contribution in [0.15, 0.2) is 22.7 Å². The van der Waals surface area contributed by atoms with Crippen molar-refractivity contribution in [2.24, 2.45) is 5.92 Å². The van der Waals surface area contributed by atoms with Gasteiger partial charge in [0.2, 0.25) is 0 Å². The van der Waals surface area contributed by atoms with E-state index >= 15 is 0 Å². The average Bonchev–Trinajstić information content (AvgIpc) is 2.35. The van der Waals surface area contributed by atoms with Crippen LogP contribution in [0.2, 0.25) is 0 Å². The van der Waals surface area contributed by atoms with Gasteiger partial charge in [-0.1, -0.05) is 54.8 Å². The van der Waals surface area contributed by atoms with Gasteiger partial charge in [-0.3, -0.25) is 0 Å². The number of benzene rings is 1. The maximum atomic E-state index is 10.0. The predicted molar refractivity (Wildman–Crippen MR) is 80.7 cm³/mol. The van der Waals surface area contributed by atoms with Crippen LogP contribution in [-0.4, -0.2) is 17.8 Å². The van der Waals surface area contributed by atoms with E-state index in [-0.39, 0.29) is 6.10 Å². The van der Waals surface area contributed by atoms with Gasteiger partial charge in [0.25, 0.3) is 0 Å². The third kappa shape index (κ3) is 4.71. The van der Waals surface area contributed by atoms with Crippen molar-refractivity contribution in [2.75, 3.05) is 6.54 Å². The van der Waals surface area contributed by atoms with Crippen LogP contribution in [0.1, 0.15) is 37.8 Å². The third-order valence-electron chi connectivity index (χ3n) is 3.51. The van der Waals surface area contributed by atoms with Gasteiger partial charge in [-0.05, 0) is 30.0 Å². The lowest BCUT2D eigenvalue weighted by Gasteiger charge is -2.20. The summed E-state index contributed by atoms with van der Waals surface area (Å²) < 4.78 is 1.14. The second-order valence-electron chi connectivity index (χ2n) is 4.86. The number of rotatable bonds is 7. The lowest BCUT2D eigenvalue weighted by molar-refractivity contribution is 0.101. The fraction of sp³-hybridized carbons (Fsp3) is 0.600. The molecular weight excluding hydrogens is 290 g/mol. The van der Waals surface area contributed by atoms with E-state index < -0.39 is 0 Å². The first-order valence-electron chi connectivity index (χ1n) is 6.72. The number of aryl methyl sites for hydroxylation is 1. The molecule has 3 heteroatoms. The Morgan fingerprint density at radius 1 is 1.28 bits per heavy atom. The van der Waals surface area contributed by atoms with E-state index in [2.05, 4.69) is 60.2 Å². The van der Waals surface area contributed by atoms with E-state index in [0.717, 1.165) is 23.9 Å². The van der Waals surface area contributed by atoms with Gasteiger partial charge in [-0.2, -0.15) is 0 Å². The largest absolute Gasteiger partial charge is 0.392 e. The van der Waals surface area contributed by atoms with Gasteiger partial charge in [0.05, 0.1) is 6.10 Å². The molecule has 0 aliphatic rings. The highest BCUT2D eigenvalue weighted by molar-refractivity contribution is 9.10. The number of hydrogen-bond acceptors (Lipinski definition) is 2. The summed E-state index contributed by atoms with van der Waals surface area (Å²) in [5.41, 5.74) is 2.49. The zero-order valence-electron chi connectivity index (χ0n) is 11.5. The molecule has 2 N–H and O–H groups in total. The molecule has 1 unspecified atom stereocenters. The normalized spacial score (nSPS) is 13.0. The maximum Gasteiger partial charge on any atom is 0.0692 e. The summed E-state index contributed by atoms with van der Waals surface area (Å²) >= 11 is 3.54. The van der Waals surface area contributed by atoms with E-state index in [1.54, 1.807) is 0 Å². The Bertz CT molecular complexity index is 364. The van der Waals surface area contributed by atoms with Crippen molar-refractivity contribution in [3.63, 3.8) is 0 Å². The fourth-order valence-corrected chi connectivity index (χ4v) is 2.54. The van der Waals surface area contributed by atoms with Crippen LogP contribution in [0, 0.1) is 12.8 Å². The van der Waals surface area contributed by atoms with Gasteiger partial charge in [-0.25, -0.2) is 0 Å². The molecule has 0 saturated carbocycles. The smallest absolute Gasteiger partial charge is 0.0692 e. The molecule has 1 aromatic carbocycles. The molecule has 0 aromatic heterocycles. The molecule has 2 nitrogen and oxygen atoms in total. The second kappa shape index (κ2) is 7.93. The zero-order valence-corrected chi connectivity index (χ0v) is 13.1. The molecule has 0 heterocycles. The highest BCUT2D eigenvalue weighted by Gasteiger charge is 2.14. The Morgan fingerprint density at radius 3 is 2.50 bits per heavy atom. The fourth-order valence-electron chi connectivity index (χ4n) is 2.11. The Labute approximate surface area is 119 Å². The molecule has 102 valence electrons. The topological polar surface area (TPSA) is 32.3 Å². The van der Waals surface area contributed by atoms with Crippen LogP contribution in [0.25, 0.3) is 0 Å². The van der Waals surface area contributed by atoms with Crippen molar-refractivity contribution in [1.29, 1.82) is 0 Å². The SMILES string of the molecule is CCC(CC)C(O)CNCc1ccc(C)c(Br)c1. The highest BCUT2D eigenvalue weighted by atomic mass is 79.9. The van der Waals surface area contributed by atoms with Gasteiger partial charge in [0.15, 0.2) is 0 Å². The van der Waals surface area contributed by atoms with Crippen molar-refractivity contribution in [3.8, 4) is 0 Å².